The first-order chi connectivity index (χ1) is 20.7. The molecule has 1 fully saturated rings. The zero-order valence-corrected chi connectivity index (χ0v) is 32.6. The zero-order valence-electron chi connectivity index (χ0n) is 30.8. The summed E-state index contributed by atoms with van der Waals surface area (Å²) >= 11 is 0. The fraction of sp³-hybridized carbons (Fsp3) is 0.875. The molecule has 0 radical (unpaired) electrons. The average molecular weight is 671 g/mol. The van der Waals surface area contributed by atoms with Crippen molar-refractivity contribution < 1.29 is 13.9 Å². The van der Waals surface area contributed by atoms with Crippen molar-refractivity contribution in [1.82, 2.24) is 24.8 Å². The van der Waals surface area contributed by atoms with Crippen molar-refractivity contribution in [3.05, 3.63) is 0 Å². The van der Waals surface area contributed by atoms with E-state index in [2.05, 4.69) is 92.9 Å². The molecule has 2 atom stereocenters. The van der Waals surface area contributed by atoms with Crippen LogP contribution in [0, 0.1) is 11.8 Å². The number of urea groups is 1. The van der Waals surface area contributed by atoms with Crippen molar-refractivity contribution in [2.45, 2.75) is 114 Å². The Balaban J connectivity index is 2.74. The Morgan fingerprint density at radius 1 is 0.667 bits per heavy atom. The van der Waals surface area contributed by atoms with Crippen LogP contribution in [0.3, 0.4) is 0 Å². The van der Waals surface area contributed by atoms with Gasteiger partial charge in [-0.1, -0.05) is 34.6 Å². The van der Waals surface area contributed by atoms with Crippen molar-refractivity contribution in [1.29, 1.82) is 0 Å². The first-order valence-electron chi connectivity index (χ1n) is 16.9. The van der Waals surface area contributed by atoms with Crippen LogP contribution in [-0.2, 0) is 9.13 Å². The number of likely N-dealkylation sites (N-methyl/N-ethyl adjacent to an activating group) is 1. The number of anilines is 3. The molecule has 1 aliphatic heterocycles. The third kappa shape index (κ3) is 10.8. The molecule has 2 rings (SSSR count). The summed E-state index contributed by atoms with van der Waals surface area (Å²) in [6, 6.07) is 0.122. The number of hydrogen-bond acceptors (Lipinski definition) is 9. The Morgan fingerprint density at radius 3 is 1.44 bits per heavy atom. The Labute approximate surface area is 274 Å². The monoisotopic (exact) mass is 670 g/mol. The largest absolute Gasteiger partial charge is 0.336 e. The highest BCUT2D eigenvalue weighted by atomic mass is 31.2. The van der Waals surface area contributed by atoms with Crippen LogP contribution in [0.2, 0.25) is 0 Å². The van der Waals surface area contributed by atoms with E-state index in [1.807, 2.05) is 11.8 Å². The minimum absolute atomic E-state index is 0.00407. The highest BCUT2D eigenvalue weighted by molar-refractivity contribution is 7.64. The fourth-order valence-corrected chi connectivity index (χ4v) is 12.6. The van der Waals surface area contributed by atoms with Gasteiger partial charge in [0.2, 0.25) is 17.8 Å². The van der Waals surface area contributed by atoms with Gasteiger partial charge in [-0.15, -0.1) is 0 Å². The van der Waals surface area contributed by atoms with E-state index in [1.165, 1.54) is 0 Å². The molecule has 0 saturated carbocycles. The average Bonchev–Trinajstić information content (AvgIpc) is 3.20. The number of aromatic nitrogens is 3. The molecule has 260 valence electrons. The quantitative estimate of drug-likeness (QED) is 0.150. The SMILES string of the molecule is CCP(=O)(CC(C)C)CN(c1nc(N(CP(=O)(CC(C)C)CN2CCN(C)C2=O)C(C)C)nc(N(C(C)C)C(C)C)n1)C(C)C. The smallest absolute Gasteiger partial charge is 0.320 e. The van der Waals surface area contributed by atoms with Gasteiger partial charge in [0.1, 0.15) is 14.3 Å². The molecule has 13 heteroatoms. The molecule has 0 aromatic carbocycles. The molecule has 11 nitrogen and oxygen atoms in total. The number of amides is 2. The number of rotatable bonds is 18. The second-order valence-corrected chi connectivity index (χ2v) is 21.4. The van der Waals surface area contributed by atoms with Gasteiger partial charge in [0.15, 0.2) is 0 Å². The normalized spacial score (nSPS) is 16.9. The Morgan fingerprint density at radius 2 is 1.09 bits per heavy atom. The Hall–Kier alpha value is -1.86. The van der Waals surface area contributed by atoms with Gasteiger partial charge in [-0.2, -0.15) is 15.0 Å². The molecule has 0 aliphatic carbocycles. The number of nitrogens with zero attached hydrogens (tertiary/aromatic N) is 8. The minimum atomic E-state index is -2.92. The van der Waals surface area contributed by atoms with Crippen molar-refractivity contribution in [3.63, 3.8) is 0 Å². The van der Waals surface area contributed by atoms with Crippen LogP contribution in [-0.4, -0.2) is 112 Å². The first kappa shape index (κ1) is 39.3. The molecule has 0 N–H and O–H groups in total. The van der Waals surface area contributed by atoms with Gasteiger partial charge in [0.25, 0.3) is 0 Å². The molecule has 0 bridgehead atoms. The lowest BCUT2D eigenvalue weighted by Gasteiger charge is -2.37. The van der Waals surface area contributed by atoms with Crippen LogP contribution in [0.4, 0.5) is 22.6 Å². The summed E-state index contributed by atoms with van der Waals surface area (Å²) in [7, 11) is -3.66. The summed E-state index contributed by atoms with van der Waals surface area (Å²) < 4.78 is 29.0. The van der Waals surface area contributed by atoms with Gasteiger partial charge in [0, 0.05) is 56.6 Å². The van der Waals surface area contributed by atoms with Crippen LogP contribution in [0.5, 0.6) is 0 Å². The van der Waals surface area contributed by atoms with Crippen LogP contribution in [0.15, 0.2) is 0 Å². The minimum Gasteiger partial charge on any atom is -0.336 e. The van der Waals surface area contributed by atoms with Gasteiger partial charge in [-0.3, -0.25) is 0 Å². The highest BCUT2D eigenvalue weighted by Gasteiger charge is 2.37. The first-order valence-corrected chi connectivity index (χ1v) is 21.5. The van der Waals surface area contributed by atoms with Gasteiger partial charge < -0.3 is 33.6 Å². The molecule has 2 unspecified atom stereocenters. The summed E-state index contributed by atoms with van der Waals surface area (Å²) in [4.78, 5) is 37.7. The van der Waals surface area contributed by atoms with Crippen molar-refractivity contribution in [2.24, 2.45) is 11.8 Å². The van der Waals surface area contributed by atoms with Crippen molar-refractivity contribution >= 4 is 38.2 Å². The van der Waals surface area contributed by atoms with Crippen LogP contribution >= 0.6 is 14.3 Å². The summed E-state index contributed by atoms with van der Waals surface area (Å²) in [5, 5.41) is 0. The topological polar surface area (TPSA) is 106 Å². The van der Waals surface area contributed by atoms with E-state index in [0.29, 0.717) is 61.6 Å². The standard InChI is InChI=1S/C32H64N8O3P2/c1-15-44(42,18-23(2)3)21-38(25(6)7)29-33-30(35-31(34-29)40(27(10)11)28(12)13)39(26(8)9)22-45(43,19-24(4)5)20-37-17-16-36(14)32(37)41/h23-28H,15-22H2,1-14H3. The lowest BCUT2D eigenvalue weighted by atomic mass is 10.2. The van der Waals surface area contributed by atoms with Crippen molar-refractivity contribution in [3.8, 4) is 0 Å². The van der Waals surface area contributed by atoms with E-state index >= 15 is 0 Å². The maximum Gasteiger partial charge on any atom is 0.320 e. The molecule has 1 saturated heterocycles. The molecule has 2 amide bonds. The lowest BCUT2D eigenvalue weighted by molar-refractivity contribution is 0.203. The second-order valence-electron chi connectivity index (χ2n) is 14.9. The Kier molecular flexibility index (Phi) is 14.2. The van der Waals surface area contributed by atoms with Gasteiger partial charge in [-0.25, -0.2) is 4.79 Å². The van der Waals surface area contributed by atoms with E-state index in [9.17, 15) is 13.9 Å². The molecule has 1 aliphatic rings. The van der Waals surface area contributed by atoms with Gasteiger partial charge in [0.05, 0.1) is 18.9 Å². The number of hydrogen-bond donors (Lipinski definition) is 0. The highest BCUT2D eigenvalue weighted by Crippen LogP contribution is 2.50. The van der Waals surface area contributed by atoms with Gasteiger partial charge in [-0.05, 0) is 73.4 Å². The fourth-order valence-electron chi connectivity index (χ4n) is 6.17. The molecular formula is C32H64N8O3P2. The zero-order chi connectivity index (χ0) is 34.4. The molecule has 0 spiro atoms. The van der Waals surface area contributed by atoms with E-state index in [0.717, 1.165) is 0 Å². The molecule has 1 aromatic heterocycles. The second kappa shape index (κ2) is 16.3. The van der Waals surface area contributed by atoms with Crippen LogP contribution in [0.1, 0.15) is 90.0 Å². The number of carbonyl (C=O) groups excluding carboxylic acids is 1. The number of carbonyl (C=O) groups is 1. The van der Waals surface area contributed by atoms with Crippen molar-refractivity contribution in [2.75, 3.05) is 72.2 Å². The summed E-state index contributed by atoms with van der Waals surface area (Å²) in [5.41, 5.74) is 0. The maximum absolute atomic E-state index is 14.8. The van der Waals surface area contributed by atoms with Crippen LogP contribution in [0.25, 0.3) is 0 Å². The summed E-state index contributed by atoms with van der Waals surface area (Å²) in [5.74, 6) is 2.03. The summed E-state index contributed by atoms with van der Waals surface area (Å²) in [6.07, 6.45) is 2.69. The third-order valence-corrected chi connectivity index (χ3v) is 14.7. The van der Waals surface area contributed by atoms with Gasteiger partial charge >= 0.3 is 6.03 Å². The Bertz CT molecular complexity index is 1200. The van der Waals surface area contributed by atoms with Crippen LogP contribution < -0.4 is 14.7 Å². The molecule has 2 heterocycles. The molecule has 1 aromatic rings. The van der Waals surface area contributed by atoms with E-state index < -0.39 is 14.3 Å². The lowest BCUT2D eigenvalue weighted by Crippen LogP contribution is -2.42. The molecule has 45 heavy (non-hydrogen) atoms. The predicted molar refractivity (Wildman–Crippen MR) is 192 cm³/mol. The van der Waals surface area contributed by atoms with E-state index in [4.69, 9.17) is 15.0 Å². The summed E-state index contributed by atoms with van der Waals surface area (Å²) in [6.45, 7) is 28.4. The molecular weight excluding hydrogens is 606 g/mol. The van der Waals surface area contributed by atoms with E-state index in [1.54, 1.807) is 16.8 Å². The van der Waals surface area contributed by atoms with E-state index in [-0.39, 0.29) is 48.7 Å². The predicted octanol–water partition coefficient (Wildman–Crippen LogP) is 7.22. The maximum atomic E-state index is 14.8. The third-order valence-electron chi connectivity index (χ3n) is 8.23.